The maximum atomic E-state index is 13.6. The molecule has 1 amide bonds. The molecule has 0 aromatic heterocycles. The van der Waals surface area contributed by atoms with Gasteiger partial charge in [0.15, 0.2) is 0 Å². The standard InChI is InChI=1S/C28H28N3O4/c32-25-14-23-26-20-13-24-28(21-3-1-2-4-22(21)29(25)27(26)28)10-11-31(24,16-18(20)9-12-35-23)15-17-5-7-19(8-6-17)30(33)34/h1-9,20,23-24,26-27H,10-16H2/q+1/t20?,23-,24?,26?,27?,28+,31?/m0/s1. The Kier molecular flexibility index (Phi) is 3.80. The number of hydrogen-bond acceptors (Lipinski definition) is 4. The Hall–Kier alpha value is -3.03. The summed E-state index contributed by atoms with van der Waals surface area (Å²) in [5, 5.41) is 11.2. The number of quaternary nitrogens is 1. The second-order valence-electron chi connectivity index (χ2n) is 11.5. The molecule has 0 radical (unpaired) electrons. The molecule has 1 spiro atoms. The maximum Gasteiger partial charge on any atom is 0.269 e. The lowest BCUT2D eigenvalue weighted by atomic mass is 9.53. The lowest BCUT2D eigenvalue weighted by Crippen LogP contribution is -2.72. The molecule has 4 fully saturated rings. The van der Waals surface area contributed by atoms with Crippen LogP contribution in [0.4, 0.5) is 11.4 Å². The van der Waals surface area contributed by atoms with Crippen molar-refractivity contribution in [2.24, 2.45) is 11.8 Å². The Morgan fingerprint density at radius 1 is 1.17 bits per heavy atom. The lowest BCUT2D eigenvalue weighted by molar-refractivity contribution is -0.955. The van der Waals surface area contributed by atoms with E-state index >= 15 is 0 Å². The average molecular weight is 471 g/mol. The van der Waals surface area contributed by atoms with E-state index < -0.39 is 0 Å². The molecule has 5 unspecified atom stereocenters. The van der Waals surface area contributed by atoms with Crippen molar-refractivity contribution in [1.29, 1.82) is 0 Å². The second-order valence-corrected chi connectivity index (χ2v) is 11.5. The summed E-state index contributed by atoms with van der Waals surface area (Å²) >= 11 is 0. The van der Waals surface area contributed by atoms with Crippen molar-refractivity contribution >= 4 is 17.3 Å². The fourth-order valence-corrected chi connectivity index (χ4v) is 9.29. The van der Waals surface area contributed by atoms with Crippen molar-refractivity contribution in [3.63, 3.8) is 0 Å². The van der Waals surface area contributed by atoms with Crippen molar-refractivity contribution in [2.75, 3.05) is 24.6 Å². The molecule has 2 aromatic carbocycles. The van der Waals surface area contributed by atoms with Gasteiger partial charge in [0.25, 0.3) is 5.69 Å². The fourth-order valence-electron chi connectivity index (χ4n) is 9.29. The number of fused-ring (bicyclic) bond motifs is 2. The van der Waals surface area contributed by atoms with Gasteiger partial charge in [0, 0.05) is 42.1 Å². The first kappa shape index (κ1) is 20.2. The topological polar surface area (TPSA) is 72.7 Å². The number of non-ortho nitro benzene ring substituents is 1. The van der Waals surface area contributed by atoms with Gasteiger partial charge in [-0.3, -0.25) is 14.9 Å². The van der Waals surface area contributed by atoms with Crippen molar-refractivity contribution < 1.29 is 18.9 Å². The summed E-state index contributed by atoms with van der Waals surface area (Å²) in [6.45, 7) is 3.54. The van der Waals surface area contributed by atoms with Crippen LogP contribution in [0.3, 0.4) is 0 Å². The first-order valence-corrected chi connectivity index (χ1v) is 12.8. The van der Waals surface area contributed by atoms with Crippen molar-refractivity contribution in [3.05, 3.63) is 81.4 Å². The van der Waals surface area contributed by atoms with Crippen LogP contribution >= 0.6 is 0 Å². The monoisotopic (exact) mass is 470 g/mol. The Balaban J connectivity index is 1.31. The summed E-state index contributed by atoms with van der Waals surface area (Å²) in [5.41, 5.74) is 5.24. The first-order chi connectivity index (χ1) is 17.0. The molecule has 5 aliphatic heterocycles. The maximum absolute atomic E-state index is 13.6. The molecular formula is C28H28N3O4+. The number of benzene rings is 2. The predicted octanol–water partition coefficient (Wildman–Crippen LogP) is 3.72. The minimum absolute atomic E-state index is 0.00455. The Labute approximate surface area is 203 Å². The van der Waals surface area contributed by atoms with E-state index in [1.165, 1.54) is 11.1 Å². The summed E-state index contributed by atoms with van der Waals surface area (Å²) < 4.78 is 7.36. The van der Waals surface area contributed by atoms with Gasteiger partial charge in [0.1, 0.15) is 19.1 Å². The molecule has 7 atom stereocenters. The summed E-state index contributed by atoms with van der Waals surface area (Å²) in [6, 6.07) is 16.4. The summed E-state index contributed by atoms with van der Waals surface area (Å²) in [5.74, 6) is 1.03. The van der Waals surface area contributed by atoms with Gasteiger partial charge in [0.05, 0.1) is 42.1 Å². The molecule has 2 aromatic rings. The van der Waals surface area contributed by atoms with E-state index in [0.717, 1.165) is 48.2 Å². The predicted molar refractivity (Wildman–Crippen MR) is 129 cm³/mol. The zero-order valence-corrected chi connectivity index (χ0v) is 19.5. The Morgan fingerprint density at radius 2 is 2.00 bits per heavy atom. The van der Waals surface area contributed by atoms with Crippen LogP contribution in [0.2, 0.25) is 0 Å². The van der Waals surface area contributed by atoms with Crippen LogP contribution in [0.1, 0.15) is 30.4 Å². The van der Waals surface area contributed by atoms with Gasteiger partial charge in [-0.15, -0.1) is 0 Å². The summed E-state index contributed by atoms with van der Waals surface area (Å²) in [7, 11) is 0. The smallest absolute Gasteiger partial charge is 0.269 e. The highest BCUT2D eigenvalue weighted by molar-refractivity contribution is 5.99. The number of anilines is 1. The van der Waals surface area contributed by atoms with E-state index in [0.29, 0.717) is 30.9 Å². The normalized spacial score (nSPS) is 39.7. The molecule has 5 heterocycles. The van der Waals surface area contributed by atoms with Gasteiger partial charge >= 0.3 is 0 Å². The number of carbonyl (C=O) groups is 1. The number of rotatable bonds is 3. The van der Waals surface area contributed by atoms with Gasteiger partial charge < -0.3 is 14.1 Å². The number of para-hydroxylation sites is 1. The third-order valence-corrected chi connectivity index (χ3v) is 10.4. The largest absolute Gasteiger partial charge is 0.373 e. The van der Waals surface area contributed by atoms with E-state index in [-0.39, 0.29) is 34.1 Å². The third kappa shape index (κ3) is 2.36. The number of nitro benzene ring substituents is 1. The van der Waals surface area contributed by atoms with E-state index in [4.69, 9.17) is 4.74 Å². The number of carbonyl (C=O) groups excluding carboxylic acids is 1. The highest BCUT2D eigenvalue weighted by atomic mass is 16.6. The first-order valence-electron chi connectivity index (χ1n) is 12.8. The van der Waals surface area contributed by atoms with E-state index in [1.54, 1.807) is 12.1 Å². The van der Waals surface area contributed by atoms with Crippen LogP contribution in [0, 0.1) is 22.0 Å². The van der Waals surface area contributed by atoms with Crippen LogP contribution in [0.25, 0.3) is 0 Å². The second kappa shape index (κ2) is 6.59. The van der Waals surface area contributed by atoms with Crippen LogP contribution in [0.5, 0.6) is 0 Å². The van der Waals surface area contributed by atoms with Gasteiger partial charge in [0.2, 0.25) is 5.91 Å². The molecule has 7 nitrogen and oxygen atoms in total. The van der Waals surface area contributed by atoms with Gasteiger partial charge in [-0.05, 0) is 35.3 Å². The minimum Gasteiger partial charge on any atom is -0.373 e. The Bertz CT molecular complexity index is 1320. The SMILES string of the molecule is O=C1C[C@@H]2OCC=C3C[N+]4(Cc5ccc([N+](=O)[O-])cc5)CC[C@]56c7ccccc7N1C5C2C3CC64. The van der Waals surface area contributed by atoms with Crippen LogP contribution in [-0.4, -0.2) is 53.2 Å². The number of ether oxygens (including phenoxy) is 1. The molecule has 3 saturated heterocycles. The van der Waals surface area contributed by atoms with Crippen molar-refractivity contribution in [3.8, 4) is 0 Å². The molecule has 1 saturated carbocycles. The molecule has 6 aliphatic rings. The van der Waals surface area contributed by atoms with Crippen molar-refractivity contribution in [2.45, 2.75) is 49.4 Å². The highest BCUT2D eigenvalue weighted by Crippen LogP contribution is 2.67. The molecule has 8 rings (SSSR count). The quantitative estimate of drug-likeness (QED) is 0.297. The number of amides is 1. The molecular weight excluding hydrogens is 442 g/mol. The zero-order chi connectivity index (χ0) is 23.5. The highest BCUT2D eigenvalue weighted by Gasteiger charge is 2.75. The molecule has 178 valence electrons. The minimum atomic E-state index is -0.329. The van der Waals surface area contributed by atoms with Crippen molar-refractivity contribution in [1.82, 2.24) is 0 Å². The van der Waals surface area contributed by atoms with Crippen LogP contribution < -0.4 is 4.90 Å². The summed E-state index contributed by atoms with van der Waals surface area (Å²) in [6.07, 6.45) is 5.01. The third-order valence-electron chi connectivity index (χ3n) is 10.4. The van der Waals surface area contributed by atoms with E-state index in [2.05, 4.69) is 35.2 Å². The number of nitro groups is 1. The fraction of sp³-hybridized carbons (Fsp3) is 0.464. The van der Waals surface area contributed by atoms with E-state index in [9.17, 15) is 14.9 Å². The van der Waals surface area contributed by atoms with Gasteiger partial charge in [-0.25, -0.2) is 0 Å². The Morgan fingerprint density at radius 3 is 2.83 bits per heavy atom. The number of piperidine rings is 2. The van der Waals surface area contributed by atoms with Gasteiger partial charge in [-0.2, -0.15) is 0 Å². The van der Waals surface area contributed by atoms with Crippen LogP contribution in [0.15, 0.2) is 60.2 Å². The number of nitrogens with zero attached hydrogens (tertiary/aromatic N) is 3. The lowest BCUT2D eigenvalue weighted by Gasteiger charge is -2.60. The molecule has 1 aliphatic carbocycles. The molecule has 0 N–H and O–H groups in total. The molecule has 35 heavy (non-hydrogen) atoms. The number of hydrogen-bond donors (Lipinski definition) is 0. The van der Waals surface area contributed by atoms with Gasteiger partial charge in [-0.1, -0.05) is 24.3 Å². The van der Waals surface area contributed by atoms with E-state index in [1.807, 2.05) is 12.1 Å². The average Bonchev–Trinajstić information content (AvgIpc) is 3.29. The molecule has 2 bridgehead atoms. The van der Waals surface area contributed by atoms with Crippen LogP contribution in [-0.2, 0) is 21.5 Å². The molecule has 7 heteroatoms. The zero-order valence-electron chi connectivity index (χ0n) is 19.5. The summed E-state index contributed by atoms with van der Waals surface area (Å²) in [4.78, 5) is 26.6.